The van der Waals surface area contributed by atoms with Crippen LogP contribution in [0.4, 0.5) is 15.9 Å². The molecule has 0 unspecified atom stereocenters. The summed E-state index contributed by atoms with van der Waals surface area (Å²) in [7, 11) is 0. The van der Waals surface area contributed by atoms with Crippen molar-refractivity contribution >= 4 is 29.0 Å². The van der Waals surface area contributed by atoms with Crippen LogP contribution >= 0.6 is 11.6 Å². The predicted octanol–water partition coefficient (Wildman–Crippen LogP) is 2.64. The first-order valence-corrected chi connectivity index (χ1v) is 5.88. The molecule has 2 rings (SSSR count). The summed E-state index contributed by atoms with van der Waals surface area (Å²) < 4.78 is 13.2. The average molecular weight is 280 g/mol. The van der Waals surface area contributed by atoms with Crippen LogP contribution in [0.2, 0.25) is 5.02 Å². The smallest absolute Gasteiger partial charge is 0.229 e. The van der Waals surface area contributed by atoms with E-state index >= 15 is 0 Å². The van der Waals surface area contributed by atoms with E-state index < -0.39 is 5.82 Å². The molecule has 2 aromatic rings. The summed E-state index contributed by atoms with van der Waals surface area (Å²) in [5.74, 6) is -0.440. The molecule has 98 valence electrons. The standard InChI is InChI=1S/C13H11ClFN3O/c14-10-3-1-8(5-11(10)15)6-13(19)18-12-4-2-9(16)7-17-12/h1-5,7H,6,16H2,(H,17,18,19). The lowest BCUT2D eigenvalue weighted by molar-refractivity contribution is -0.115. The van der Waals surface area contributed by atoms with Crippen molar-refractivity contribution in [1.29, 1.82) is 0 Å². The summed E-state index contributed by atoms with van der Waals surface area (Å²) in [6, 6.07) is 7.47. The van der Waals surface area contributed by atoms with Crippen LogP contribution in [0, 0.1) is 5.82 Å². The number of carbonyl (C=O) groups excluding carboxylic acids is 1. The Bertz CT molecular complexity index is 601. The van der Waals surface area contributed by atoms with Crippen molar-refractivity contribution in [3.63, 3.8) is 0 Å². The molecular weight excluding hydrogens is 269 g/mol. The van der Waals surface area contributed by atoms with E-state index in [1.54, 1.807) is 18.2 Å². The van der Waals surface area contributed by atoms with Crippen LogP contribution in [0.5, 0.6) is 0 Å². The average Bonchev–Trinajstić information content (AvgIpc) is 2.37. The highest BCUT2D eigenvalue weighted by Gasteiger charge is 2.07. The summed E-state index contributed by atoms with van der Waals surface area (Å²) in [4.78, 5) is 15.7. The second-order valence-electron chi connectivity index (χ2n) is 3.95. The van der Waals surface area contributed by atoms with Gasteiger partial charge in [0.05, 0.1) is 23.3 Å². The van der Waals surface area contributed by atoms with Crippen molar-refractivity contribution in [3.05, 3.63) is 52.9 Å². The van der Waals surface area contributed by atoms with Gasteiger partial charge in [-0.2, -0.15) is 0 Å². The highest BCUT2D eigenvalue weighted by Crippen LogP contribution is 2.16. The van der Waals surface area contributed by atoms with E-state index in [-0.39, 0.29) is 17.4 Å². The maximum absolute atomic E-state index is 13.2. The fourth-order valence-electron chi connectivity index (χ4n) is 1.50. The molecule has 0 spiro atoms. The molecule has 1 aromatic heterocycles. The molecule has 0 radical (unpaired) electrons. The highest BCUT2D eigenvalue weighted by molar-refractivity contribution is 6.30. The van der Waals surface area contributed by atoms with Gasteiger partial charge in [0.1, 0.15) is 11.6 Å². The van der Waals surface area contributed by atoms with Crippen molar-refractivity contribution in [2.45, 2.75) is 6.42 Å². The van der Waals surface area contributed by atoms with Crippen LogP contribution < -0.4 is 11.1 Å². The topological polar surface area (TPSA) is 68.0 Å². The van der Waals surface area contributed by atoms with Crippen molar-refractivity contribution in [2.24, 2.45) is 0 Å². The van der Waals surface area contributed by atoms with Crippen LogP contribution in [0.3, 0.4) is 0 Å². The minimum atomic E-state index is -0.544. The van der Waals surface area contributed by atoms with E-state index in [9.17, 15) is 9.18 Å². The van der Waals surface area contributed by atoms with Crippen molar-refractivity contribution in [3.8, 4) is 0 Å². The Balaban J connectivity index is 2.01. The van der Waals surface area contributed by atoms with Crippen molar-refractivity contribution in [1.82, 2.24) is 4.98 Å². The summed E-state index contributed by atoms with van der Waals surface area (Å²) in [5, 5.41) is 2.62. The number of carbonyl (C=O) groups is 1. The Morgan fingerprint density at radius 2 is 2.16 bits per heavy atom. The molecule has 19 heavy (non-hydrogen) atoms. The van der Waals surface area contributed by atoms with Gasteiger partial charge in [0, 0.05) is 0 Å². The first-order valence-electron chi connectivity index (χ1n) is 5.50. The third-order valence-corrected chi connectivity index (χ3v) is 2.71. The quantitative estimate of drug-likeness (QED) is 0.907. The summed E-state index contributed by atoms with van der Waals surface area (Å²) >= 11 is 5.56. The van der Waals surface area contributed by atoms with Crippen LogP contribution in [0.1, 0.15) is 5.56 Å². The fraction of sp³-hybridized carbons (Fsp3) is 0.0769. The zero-order valence-electron chi connectivity index (χ0n) is 9.86. The van der Waals surface area contributed by atoms with Crippen LogP contribution in [0.15, 0.2) is 36.5 Å². The molecule has 0 saturated heterocycles. The monoisotopic (exact) mass is 279 g/mol. The van der Waals surface area contributed by atoms with Gasteiger partial charge >= 0.3 is 0 Å². The van der Waals surface area contributed by atoms with Crippen LogP contribution in [-0.2, 0) is 11.2 Å². The number of pyridine rings is 1. The number of anilines is 2. The number of hydrogen-bond acceptors (Lipinski definition) is 3. The third-order valence-electron chi connectivity index (χ3n) is 2.40. The molecule has 3 N–H and O–H groups in total. The molecular formula is C13H11ClFN3O. The van der Waals surface area contributed by atoms with Crippen molar-refractivity contribution in [2.75, 3.05) is 11.1 Å². The van der Waals surface area contributed by atoms with Gasteiger partial charge in [-0.05, 0) is 29.8 Å². The van der Waals surface area contributed by atoms with E-state index in [4.69, 9.17) is 17.3 Å². The summed E-state index contributed by atoms with van der Waals surface area (Å²) in [6.07, 6.45) is 1.48. The molecule has 0 aliphatic carbocycles. The molecule has 0 atom stereocenters. The Morgan fingerprint density at radius 1 is 1.37 bits per heavy atom. The van der Waals surface area contributed by atoms with E-state index in [0.29, 0.717) is 17.1 Å². The Hall–Kier alpha value is -2.14. The van der Waals surface area contributed by atoms with Crippen LogP contribution in [-0.4, -0.2) is 10.9 Å². The molecule has 0 bridgehead atoms. The number of nitrogen functional groups attached to an aromatic ring is 1. The van der Waals surface area contributed by atoms with Gasteiger partial charge in [-0.3, -0.25) is 4.79 Å². The lowest BCUT2D eigenvalue weighted by atomic mass is 10.1. The minimum absolute atomic E-state index is 0.0318. The molecule has 4 nitrogen and oxygen atoms in total. The first kappa shape index (κ1) is 13.3. The maximum Gasteiger partial charge on any atom is 0.229 e. The largest absolute Gasteiger partial charge is 0.397 e. The Labute approximate surface area is 114 Å². The van der Waals surface area contributed by atoms with E-state index in [2.05, 4.69) is 10.3 Å². The van der Waals surface area contributed by atoms with Crippen molar-refractivity contribution < 1.29 is 9.18 Å². The van der Waals surface area contributed by atoms with Gasteiger partial charge in [-0.15, -0.1) is 0 Å². The molecule has 0 fully saturated rings. The zero-order chi connectivity index (χ0) is 13.8. The maximum atomic E-state index is 13.2. The van der Waals surface area contributed by atoms with Gasteiger partial charge in [0.25, 0.3) is 0 Å². The zero-order valence-corrected chi connectivity index (χ0v) is 10.6. The summed E-state index contributed by atoms with van der Waals surface area (Å²) in [5.41, 5.74) is 6.53. The number of halogens is 2. The number of rotatable bonds is 3. The van der Waals surface area contributed by atoms with E-state index in [1.807, 2.05) is 0 Å². The van der Waals surface area contributed by atoms with E-state index in [1.165, 1.54) is 18.3 Å². The molecule has 1 heterocycles. The minimum Gasteiger partial charge on any atom is -0.397 e. The molecule has 1 aromatic carbocycles. The molecule has 6 heteroatoms. The SMILES string of the molecule is Nc1ccc(NC(=O)Cc2ccc(Cl)c(F)c2)nc1. The van der Waals surface area contributed by atoms with Crippen LogP contribution in [0.25, 0.3) is 0 Å². The number of nitrogens with zero attached hydrogens (tertiary/aromatic N) is 1. The number of aromatic nitrogens is 1. The molecule has 0 aliphatic rings. The highest BCUT2D eigenvalue weighted by atomic mass is 35.5. The van der Waals surface area contributed by atoms with Gasteiger partial charge in [0.2, 0.25) is 5.91 Å². The number of hydrogen-bond donors (Lipinski definition) is 2. The van der Waals surface area contributed by atoms with Gasteiger partial charge in [0.15, 0.2) is 0 Å². The normalized spacial score (nSPS) is 10.2. The van der Waals surface area contributed by atoms with Gasteiger partial charge in [-0.1, -0.05) is 17.7 Å². The van der Waals surface area contributed by atoms with Gasteiger partial charge in [-0.25, -0.2) is 9.37 Å². The third kappa shape index (κ3) is 3.66. The summed E-state index contributed by atoms with van der Waals surface area (Å²) in [6.45, 7) is 0. The van der Waals surface area contributed by atoms with Gasteiger partial charge < -0.3 is 11.1 Å². The molecule has 0 saturated carbocycles. The first-order chi connectivity index (χ1) is 9.04. The Morgan fingerprint density at radius 3 is 2.79 bits per heavy atom. The Kier molecular flexibility index (Phi) is 3.97. The number of amides is 1. The lowest BCUT2D eigenvalue weighted by Gasteiger charge is -2.05. The molecule has 1 amide bonds. The fourth-order valence-corrected chi connectivity index (χ4v) is 1.62. The molecule has 0 aliphatic heterocycles. The second kappa shape index (κ2) is 5.67. The second-order valence-corrected chi connectivity index (χ2v) is 4.36. The van der Waals surface area contributed by atoms with E-state index in [0.717, 1.165) is 0 Å². The number of nitrogens with one attached hydrogen (secondary N) is 1. The number of nitrogens with two attached hydrogens (primary N) is 1. The predicted molar refractivity (Wildman–Crippen MR) is 72.4 cm³/mol. The lowest BCUT2D eigenvalue weighted by Crippen LogP contribution is -2.15. The number of benzene rings is 1.